The zero-order chi connectivity index (χ0) is 13.8. The number of hydrazine groups is 1. The molecule has 2 rings (SSSR count). The van der Waals surface area contributed by atoms with Crippen molar-refractivity contribution in [1.29, 1.82) is 0 Å². The normalized spacial score (nSPS) is 12.2. The molecule has 1 aromatic heterocycles. The number of nitrogens with one attached hydrogen (secondary N) is 1. The van der Waals surface area contributed by atoms with Gasteiger partial charge in [0.2, 0.25) is 0 Å². The molecule has 0 aliphatic rings. The maximum Gasteiger partial charge on any atom is 0.198 e. The molecule has 0 spiro atoms. The SMILES string of the molecule is COc1cc(OC)cc(C(NN)c2ccoc2Cl)c1. The van der Waals surface area contributed by atoms with E-state index in [0.29, 0.717) is 16.7 Å². The van der Waals surface area contributed by atoms with Gasteiger partial charge in [0.25, 0.3) is 0 Å². The second-order valence-corrected chi connectivity index (χ2v) is 4.24. The molecule has 0 radical (unpaired) electrons. The molecule has 1 aromatic carbocycles. The van der Waals surface area contributed by atoms with Crippen molar-refractivity contribution < 1.29 is 13.9 Å². The van der Waals surface area contributed by atoms with E-state index in [1.165, 1.54) is 6.26 Å². The fraction of sp³-hybridized carbons (Fsp3) is 0.231. The van der Waals surface area contributed by atoms with Gasteiger partial charge in [0.1, 0.15) is 11.5 Å². The highest BCUT2D eigenvalue weighted by Crippen LogP contribution is 2.33. The van der Waals surface area contributed by atoms with E-state index in [9.17, 15) is 0 Å². The fourth-order valence-corrected chi connectivity index (χ4v) is 2.10. The molecule has 0 fully saturated rings. The van der Waals surface area contributed by atoms with Gasteiger partial charge in [0, 0.05) is 11.6 Å². The lowest BCUT2D eigenvalue weighted by molar-refractivity contribution is 0.392. The molecule has 1 heterocycles. The Kier molecular flexibility index (Phi) is 4.31. The Labute approximate surface area is 116 Å². The Balaban J connectivity index is 2.46. The van der Waals surface area contributed by atoms with Gasteiger partial charge in [-0.1, -0.05) is 0 Å². The monoisotopic (exact) mass is 282 g/mol. The molecule has 102 valence electrons. The van der Waals surface area contributed by atoms with Crippen LogP contribution in [0.4, 0.5) is 0 Å². The predicted octanol–water partition coefficient (Wildman–Crippen LogP) is 2.50. The molecule has 0 aliphatic heterocycles. The number of furan rings is 1. The first kappa shape index (κ1) is 13.7. The summed E-state index contributed by atoms with van der Waals surface area (Å²) in [5.41, 5.74) is 4.32. The fourth-order valence-electron chi connectivity index (χ4n) is 1.87. The van der Waals surface area contributed by atoms with Crippen molar-refractivity contribution in [1.82, 2.24) is 5.43 Å². The number of rotatable bonds is 5. The summed E-state index contributed by atoms with van der Waals surface area (Å²) in [4.78, 5) is 0. The quantitative estimate of drug-likeness (QED) is 0.651. The highest BCUT2D eigenvalue weighted by atomic mass is 35.5. The lowest BCUT2D eigenvalue weighted by atomic mass is 10.0. The van der Waals surface area contributed by atoms with Crippen molar-refractivity contribution in [3.05, 3.63) is 46.9 Å². The van der Waals surface area contributed by atoms with Crippen molar-refractivity contribution in [2.75, 3.05) is 14.2 Å². The number of hydrogen-bond acceptors (Lipinski definition) is 5. The van der Waals surface area contributed by atoms with E-state index in [1.807, 2.05) is 12.1 Å². The zero-order valence-electron chi connectivity index (χ0n) is 10.6. The van der Waals surface area contributed by atoms with E-state index < -0.39 is 0 Å². The highest BCUT2D eigenvalue weighted by Gasteiger charge is 2.19. The third-order valence-corrected chi connectivity index (χ3v) is 3.14. The van der Waals surface area contributed by atoms with Gasteiger partial charge in [-0.3, -0.25) is 5.84 Å². The molecule has 2 aromatic rings. The molecule has 3 N–H and O–H groups in total. The average Bonchev–Trinajstić information content (AvgIpc) is 2.85. The summed E-state index contributed by atoms with van der Waals surface area (Å²) < 4.78 is 15.6. The van der Waals surface area contributed by atoms with Crippen LogP contribution in [0.3, 0.4) is 0 Å². The van der Waals surface area contributed by atoms with E-state index in [4.69, 9.17) is 31.3 Å². The second-order valence-electron chi connectivity index (χ2n) is 3.90. The smallest absolute Gasteiger partial charge is 0.198 e. The first-order chi connectivity index (χ1) is 9.19. The Hall–Kier alpha value is -1.69. The molecular weight excluding hydrogens is 268 g/mol. The van der Waals surface area contributed by atoms with Crippen molar-refractivity contribution >= 4 is 11.6 Å². The molecular formula is C13H15ClN2O3. The van der Waals surface area contributed by atoms with E-state index >= 15 is 0 Å². The van der Waals surface area contributed by atoms with Crippen molar-refractivity contribution in [3.8, 4) is 11.5 Å². The van der Waals surface area contributed by atoms with Gasteiger partial charge in [-0.25, -0.2) is 5.43 Å². The minimum absolute atomic E-state index is 0.296. The second kappa shape index (κ2) is 5.97. The van der Waals surface area contributed by atoms with E-state index in [0.717, 1.165) is 11.1 Å². The molecule has 0 aliphatic carbocycles. The number of nitrogens with two attached hydrogens (primary N) is 1. The van der Waals surface area contributed by atoms with Crippen LogP contribution in [0.1, 0.15) is 17.2 Å². The van der Waals surface area contributed by atoms with Gasteiger partial charge in [0.15, 0.2) is 5.22 Å². The summed E-state index contributed by atoms with van der Waals surface area (Å²) >= 11 is 5.99. The minimum atomic E-state index is -0.310. The summed E-state index contributed by atoms with van der Waals surface area (Å²) in [6.07, 6.45) is 1.51. The number of benzene rings is 1. The van der Waals surface area contributed by atoms with Gasteiger partial charge in [-0.2, -0.15) is 0 Å². The largest absolute Gasteiger partial charge is 0.497 e. The average molecular weight is 283 g/mol. The van der Waals surface area contributed by atoms with E-state index in [-0.39, 0.29) is 6.04 Å². The van der Waals surface area contributed by atoms with Gasteiger partial charge >= 0.3 is 0 Å². The molecule has 19 heavy (non-hydrogen) atoms. The molecule has 0 saturated heterocycles. The third kappa shape index (κ3) is 2.84. The van der Waals surface area contributed by atoms with Gasteiger partial charge < -0.3 is 13.9 Å². The van der Waals surface area contributed by atoms with Crippen LogP contribution in [-0.2, 0) is 0 Å². The summed E-state index contributed by atoms with van der Waals surface area (Å²) in [6.45, 7) is 0. The maximum atomic E-state index is 5.99. The summed E-state index contributed by atoms with van der Waals surface area (Å²) in [6, 6.07) is 6.95. The van der Waals surface area contributed by atoms with Crippen LogP contribution in [0.5, 0.6) is 11.5 Å². The number of ether oxygens (including phenoxy) is 2. The zero-order valence-corrected chi connectivity index (χ0v) is 11.4. The van der Waals surface area contributed by atoms with Crippen LogP contribution in [0, 0.1) is 0 Å². The Morgan fingerprint density at radius 2 is 1.84 bits per heavy atom. The molecule has 6 heteroatoms. The summed E-state index contributed by atoms with van der Waals surface area (Å²) in [7, 11) is 3.18. The highest BCUT2D eigenvalue weighted by molar-refractivity contribution is 6.29. The van der Waals surface area contributed by atoms with Crippen LogP contribution in [0.2, 0.25) is 5.22 Å². The van der Waals surface area contributed by atoms with E-state index in [2.05, 4.69) is 5.43 Å². The molecule has 0 bridgehead atoms. The van der Waals surface area contributed by atoms with Crippen molar-refractivity contribution in [2.24, 2.45) is 5.84 Å². The number of hydrogen-bond donors (Lipinski definition) is 2. The van der Waals surface area contributed by atoms with E-state index in [1.54, 1.807) is 26.4 Å². The molecule has 1 atom stereocenters. The van der Waals surface area contributed by atoms with Gasteiger partial charge in [0.05, 0.1) is 26.5 Å². The van der Waals surface area contributed by atoms with Crippen molar-refractivity contribution in [3.63, 3.8) is 0 Å². The molecule has 1 unspecified atom stereocenters. The standard InChI is InChI=1S/C13H15ClN2O3/c1-17-9-5-8(6-10(7-9)18-2)12(16-15)11-3-4-19-13(11)14/h3-7,12,16H,15H2,1-2H3. The van der Waals surface area contributed by atoms with Gasteiger partial charge in [-0.15, -0.1) is 0 Å². The Morgan fingerprint density at radius 1 is 1.21 bits per heavy atom. The molecule has 5 nitrogen and oxygen atoms in total. The van der Waals surface area contributed by atoms with Crippen LogP contribution < -0.4 is 20.7 Å². The number of halogens is 1. The van der Waals surface area contributed by atoms with Crippen molar-refractivity contribution in [2.45, 2.75) is 6.04 Å². The topological polar surface area (TPSA) is 69.7 Å². The molecule has 0 saturated carbocycles. The Morgan fingerprint density at radius 3 is 2.26 bits per heavy atom. The lowest BCUT2D eigenvalue weighted by Crippen LogP contribution is -2.28. The number of methoxy groups -OCH3 is 2. The van der Waals surface area contributed by atoms with Crippen LogP contribution in [0.25, 0.3) is 0 Å². The van der Waals surface area contributed by atoms with Crippen LogP contribution in [-0.4, -0.2) is 14.2 Å². The minimum Gasteiger partial charge on any atom is -0.497 e. The van der Waals surface area contributed by atoms with Gasteiger partial charge in [-0.05, 0) is 35.4 Å². The summed E-state index contributed by atoms with van der Waals surface area (Å²) in [5.74, 6) is 6.97. The van der Waals surface area contributed by atoms with Crippen LogP contribution in [0.15, 0.2) is 34.9 Å². The Bertz CT molecular complexity index is 534. The lowest BCUT2D eigenvalue weighted by Gasteiger charge is -2.17. The first-order valence-corrected chi connectivity index (χ1v) is 5.99. The van der Waals surface area contributed by atoms with Crippen LogP contribution >= 0.6 is 11.6 Å². The maximum absolute atomic E-state index is 5.99. The third-order valence-electron chi connectivity index (χ3n) is 2.83. The predicted molar refractivity (Wildman–Crippen MR) is 72.4 cm³/mol. The first-order valence-electron chi connectivity index (χ1n) is 5.61. The summed E-state index contributed by atoms with van der Waals surface area (Å²) in [5, 5.41) is 0.296. The molecule has 0 amide bonds.